The summed E-state index contributed by atoms with van der Waals surface area (Å²) in [5, 5.41) is 7.56. The van der Waals surface area contributed by atoms with E-state index in [2.05, 4.69) is 15.0 Å². The molecule has 1 N–H and O–H groups in total. The van der Waals surface area contributed by atoms with Crippen molar-refractivity contribution in [2.24, 2.45) is 0 Å². The lowest BCUT2D eigenvalue weighted by molar-refractivity contribution is -0.140. The van der Waals surface area contributed by atoms with Crippen molar-refractivity contribution in [3.8, 4) is 9.88 Å². The number of rotatable bonds is 9. The molecule has 0 bridgehead atoms. The van der Waals surface area contributed by atoms with Gasteiger partial charge >= 0.3 is 5.97 Å². The van der Waals surface area contributed by atoms with Gasteiger partial charge in [-0.1, -0.05) is 18.9 Å². The molecule has 2 aromatic rings. The maximum Gasteiger partial charge on any atom is 0.305 e. The zero-order chi connectivity index (χ0) is 16.5. The van der Waals surface area contributed by atoms with Gasteiger partial charge in [-0.25, -0.2) is 4.98 Å². The van der Waals surface area contributed by atoms with E-state index in [0.717, 1.165) is 35.6 Å². The van der Waals surface area contributed by atoms with Crippen molar-refractivity contribution in [1.29, 1.82) is 0 Å². The van der Waals surface area contributed by atoms with Gasteiger partial charge in [0.15, 0.2) is 0 Å². The van der Waals surface area contributed by atoms with Gasteiger partial charge < -0.3 is 10.1 Å². The highest BCUT2D eigenvalue weighted by Crippen LogP contribution is 2.27. The minimum Gasteiger partial charge on any atom is -0.469 e. The minimum absolute atomic E-state index is 0.126. The summed E-state index contributed by atoms with van der Waals surface area (Å²) in [4.78, 5) is 28.4. The van der Waals surface area contributed by atoms with Crippen LogP contribution in [0.25, 0.3) is 9.88 Å². The molecule has 0 saturated carbocycles. The van der Waals surface area contributed by atoms with Crippen molar-refractivity contribution < 1.29 is 14.3 Å². The number of thiazole rings is 1. The molecule has 0 unspecified atom stereocenters. The zero-order valence-electron chi connectivity index (χ0n) is 13.0. The van der Waals surface area contributed by atoms with Gasteiger partial charge in [-0.15, -0.1) is 22.7 Å². The number of methoxy groups -OCH3 is 1. The molecule has 2 aromatic heterocycles. The Labute approximate surface area is 143 Å². The summed E-state index contributed by atoms with van der Waals surface area (Å²) in [5.41, 5.74) is 0.476. The lowest BCUT2D eigenvalue weighted by Crippen LogP contribution is -2.24. The highest BCUT2D eigenvalue weighted by atomic mass is 32.1. The second-order valence-electron chi connectivity index (χ2n) is 5.01. The third-order valence-electron chi connectivity index (χ3n) is 3.29. The van der Waals surface area contributed by atoms with Crippen molar-refractivity contribution in [3.63, 3.8) is 0 Å². The Balaban J connectivity index is 1.63. The fourth-order valence-electron chi connectivity index (χ4n) is 2.03. The predicted octanol–water partition coefficient (Wildman–Crippen LogP) is 3.72. The number of nitrogens with one attached hydrogen (secondary N) is 1. The van der Waals surface area contributed by atoms with E-state index in [1.807, 2.05) is 17.5 Å². The number of amides is 1. The first-order chi connectivity index (χ1) is 11.2. The molecule has 0 spiro atoms. The van der Waals surface area contributed by atoms with E-state index in [-0.39, 0.29) is 11.9 Å². The molecule has 0 aliphatic heterocycles. The summed E-state index contributed by atoms with van der Waals surface area (Å²) in [5.74, 6) is -0.290. The SMILES string of the molecule is COC(=O)CCCCCCNC(=O)c1csc(-c2cccs2)n1. The van der Waals surface area contributed by atoms with Crippen LogP contribution in [0.1, 0.15) is 42.6 Å². The molecule has 5 nitrogen and oxygen atoms in total. The number of carbonyl (C=O) groups excluding carboxylic acids is 2. The van der Waals surface area contributed by atoms with Crippen molar-refractivity contribution in [2.45, 2.75) is 32.1 Å². The zero-order valence-corrected chi connectivity index (χ0v) is 14.7. The predicted molar refractivity (Wildman–Crippen MR) is 92.9 cm³/mol. The van der Waals surface area contributed by atoms with Crippen molar-refractivity contribution in [1.82, 2.24) is 10.3 Å². The number of hydrogen-bond donors (Lipinski definition) is 1. The van der Waals surface area contributed by atoms with Crippen LogP contribution in [0.15, 0.2) is 22.9 Å². The van der Waals surface area contributed by atoms with Gasteiger partial charge in [0.05, 0.1) is 12.0 Å². The van der Waals surface area contributed by atoms with Crippen LogP contribution < -0.4 is 5.32 Å². The summed E-state index contributed by atoms with van der Waals surface area (Å²) in [7, 11) is 1.40. The van der Waals surface area contributed by atoms with E-state index < -0.39 is 0 Å². The topological polar surface area (TPSA) is 68.3 Å². The largest absolute Gasteiger partial charge is 0.469 e. The molecule has 2 rings (SSSR count). The molecule has 0 aliphatic rings. The number of ether oxygens (including phenoxy) is 1. The summed E-state index contributed by atoms with van der Waals surface area (Å²) < 4.78 is 4.59. The molecule has 23 heavy (non-hydrogen) atoms. The number of unbranched alkanes of at least 4 members (excludes halogenated alkanes) is 3. The number of esters is 1. The number of hydrogen-bond acceptors (Lipinski definition) is 6. The van der Waals surface area contributed by atoms with Crippen LogP contribution in [0.4, 0.5) is 0 Å². The maximum absolute atomic E-state index is 12.0. The second-order valence-corrected chi connectivity index (χ2v) is 6.82. The molecule has 0 aromatic carbocycles. The van der Waals surface area contributed by atoms with Gasteiger partial charge in [0.1, 0.15) is 10.7 Å². The van der Waals surface area contributed by atoms with E-state index in [1.54, 1.807) is 16.7 Å². The van der Waals surface area contributed by atoms with Gasteiger partial charge in [-0.05, 0) is 24.3 Å². The molecular weight excluding hydrogens is 332 g/mol. The molecule has 0 atom stereocenters. The monoisotopic (exact) mass is 352 g/mol. The van der Waals surface area contributed by atoms with E-state index >= 15 is 0 Å². The van der Waals surface area contributed by atoms with Gasteiger partial charge in [0.2, 0.25) is 0 Å². The fraction of sp³-hybridized carbons (Fsp3) is 0.438. The van der Waals surface area contributed by atoms with Crippen LogP contribution >= 0.6 is 22.7 Å². The van der Waals surface area contributed by atoms with Gasteiger partial charge in [-0.2, -0.15) is 0 Å². The first-order valence-corrected chi connectivity index (χ1v) is 9.31. The van der Waals surface area contributed by atoms with E-state index in [4.69, 9.17) is 0 Å². The van der Waals surface area contributed by atoms with Crippen molar-refractivity contribution in [2.75, 3.05) is 13.7 Å². The lowest BCUT2D eigenvalue weighted by atomic mass is 10.1. The molecule has 0 radical (unpaired) electrons. The standard InChI is InChI=1S/C16H20N2O3S2/c1-21-14(19)8-4-2-3-5-9-17-15(20)12-11-23-16(18-12)13-7-6-10-22-13/h6-7,10-11H,2-5,8-9H2,1H3,(H,17,20). The normalized spacial score (nSPS) is 10.5. The quantitative estimate of drug-likeness (QED) is 0.551. The summed E-state index contributed by atoms with van der Waals surface area (Å²) in [6.07, 6.45) is 4.14. The summed E-state index contributed by atoms with van der Waals surface area (Å²) in [6, 6.07) is 3.97. The van der Waals surface area contributed by atoms with Crippen LogP contribution in [0.5, 0.6) is 0 Å². The van der Waals surface area contributed by atoms with Gasteiger partial charge in [0.25, 0.3) is 5.91 Å². The Kier molecular flexibility index (Phi) is 7.22. The molecular formula is C16H20N2O3S2. The number of aromatic nitrogens is 1. The number of thiophene rings is 1. The average Bonchev–Trinajstić information content (AvgIpc) is 3.24. The van der Waals surface area contributed by atoms with Gasteiger partial charge in [-0.3, -0.25) is 9.59 Å². The van der Waals surface area contributed by atoms with Crippen LogP contribution in [0.3, 0.4) is 0 Å². The first-order valence-electron chi connectivity index (χ1n) is 7.55. The van der Waals surface area contributed by atoms with E-state index in [0.29, 0.717) is 18.7 Å². The molecule has 0 aliphatic carbocycles. The summed E-state index contributed by atoms with van der Waals surface area (Å²) in [6.45, 7) is 0.628. The van der Waals surface area contributed by atoms with E-state index in [1.165, 1.54) is 18.4 Å². The summed E-state index contributed by atoms with van der Waals surface area (Å²) >= 11 is 3.10. The Bertz CT molecular complexity index is 623. The van der Waals surface area contributed by atoms with Crippen molar-refractivity contribution in [3.05, 3.63) is 28.6 Å². The number of carbonyl (C=O) groups is 2. The Morgan fingerprint density at radius 3 is 2.78 bits per heavy atom. The Hall–Kier alpha value is -1.73. The maximum atomic E-state index is 12.0. The molecule has 7 heteroatoms. The van der Waals surface area contributed by atoms with Crippen LogP contribution in [-0.2, 0) is 9.53 Å². The lowest BCUT2D eigenvalue weighted by Gasteiger charge is -2.03. The smallest absolute Gasteiger partial charge is 0.305 e. The highest BCUT2D eigenvalue weighted by Gasteiger charge is 2.11. The second kappa shape index (κ2) is 9.42. The molecule has 0 saturated heterocycles. The van der Waals surface area contributed by atoms with Gasteiger partial charge in [0, 0.05) is 18.3 Å². The molecule has 124 valence electrons. The third kappa shape index (κ3) is 5.76. The minimum atomic E-state index is -0.164. The average molecular weight is 352 g/mol. The highest BCUT2D eigenvalue weighted by molar-refractivity contribution is 7.20. The first kappa shape index (κ1) is 17.6. The Morgan fingerprint density at radius 2 is 2.04 bits per heavy atom. The Morgan fingerprint density at radius 1 is 1.22 bits per heavy atom. The van der Waals surface area contributed by atoms with E-state index in [9.17, 15) is 9.59 Å². The van der Waals surface area contributed by atoms with Crippen LogP contribution in [0, 0.1) is 0 Å². The van der Waals surface area contributed by atoms with Crippen molar-refractivity contribution >= 4 is 34.6 Å². The molecule has 1 amide bonds. The molecule has 2 heterocycles. The van der Waals surface area contributed by atoms with Crippen LogP contribution in [0.2, 0.25) is 0 Å². The third-order valence-corrected chi connectivity index (χ3v) is 5.17. The number of nitrogens with zero attached hydrogens (tertiary/aromatic N) is 1. The van der Waals surface area contributed by atoms with Crippen LogP contribution in [-0.4, -0.2) is 30.5 Å². The fourth-order valence-corrected chi connectivity index (χ4v) is 3.65. The molecule has 0 fully saturated rings.